The number of nitrogens with one attached hydrogen (secondary N) is 1. The monoisotopic (exact) mass is 511 g/mol. The number of rotatable bonds is 8. The molecule has 11 heteroatoms. The van der Waals surface area contributed by atoms with Crippen molar-refractivity contribution in [2.75, 3.05) is 32.8 Å². The highest BCUT2D eigenvalue weighted by Crippen LogP contribution is 2.18. The topological polar surface area (TPSA) is 126 Å². The quantitative estimate of drug-likeness (QED) is 0.486. The van der Waals surface area contributed by atoms with Crippen LogP contribution in [0.2, 0.25) is 0 Å². The van der Waals surface area contributed by atoms with E-state index in [-0.39, 0.29) is 49.3 Å². The van der Waals surface area contributed by atoms with Crippen molar-refractivity contribution in [3.63, 3.8) is 0 Å². The lowest BCUT2D eigenvalue weighted by atomic mass is 10.3. The van der Waals surface area contributed by atoms with Crippen molar-refractivity contribution in [3.05, 3.63) is 84.8 Å². The average molecular weight is 512 g/mol. The number of amides is 3. The number of sulfone groups is 1. The molecule has 0 saturated carbocycles. The summed E-state index contributed by atoms with van der Waals surface area (Å²) in [6, 6.07) is 19.2. The van der Waals surface area contributed by atoms with Crippen molar-refractivity contribution >= 4 is 27.6 Å². The zero-order valence-electron chi connectivity index (χ0n) is 19.3. The summed E-state index contributed by atoms with van der Waals surface area (Å²) < 4.78 is 37.2. The van der Waals surface area contributed by atoms with Crippen molar-refractivity contribution in [2.24, 2.45) is 0 Å². The SMILES string of the molecule is O=C(N[C@@H](C(=O)N1CCN(C(=O)COc2ccccc2)CC1)S(=O)(=O)c1ccccc1)c1ccco1. The number of benzene rings is 2. The Morgan fingerprint density at radius 2 is 1.47 bits per heavy atom. The Labute approximate surface area is 208 Å². The van der Waals surface area contributed by atoms with E-state index in [2.05, 4.69) is 5.32 Å². The summed E-state index contributed by atoms with van der Waals surface area (Å²) >= 11 is 0. The fraction of sp³-hybridized carbons (Fsp3) is 0.240. The van der Waals surface area contributed by atoms with Crippen LogP contribution >= 0.6 is 0 Å². The summed E-state index contributed by atoms with van der Waals surface area (Å²) in [6.45, 7) is 0.461. The summed E-state index contributed by atoms with van der Waals surface area (Å²) in [6.07, 6.45) is 1.27. The maximum Gasteiger partial charge on any atom is 0.288 e. The third kappa shape index (κ3) is 5.74. The van der Waals surface area contributed by atoms with Gasteiger partial charge < -0.3 is 24.3 Å². The molecule has 1 aliphatic heterocycles. The van der Waals surface area contributed by atoms with Gasteiger partial charge in [-0.15, -0.1) is 0 Å². The first-order valence-corrected chi connectivity index (χ1v) is 12.8. The fourth-order valence-corrected chi connectivity index (χ4v) is 5.20. The minimum absolute atomic E-state index is 0.102. The normalized spacial score (nSPS) is 14.7. The molecule has 0 radical (unpaired) electrons. The molecule has 1 aliphatic rings. The molecule has 0 spiro atoms. The molecule has 1 fully saturated rings. The Balaban J connectivity index is 1.44. The number of hydrogen-bond acceptors (Lipinski definition) is 7. The highest BCUT2D eigenvalue weighted by atomic mass is 32.2. The van der Waals surface area contributed by atoms with E-state index < -0.39 is 27.0 Å². The van der Waals surface area contributed by atoms with Gasteiger partial charge in [0.25, 0.3) is 17.7 Å². The molecule has 1 N–H and O–H groups in total. The van der Waals surface area contributed by atoms with Gasteiger partial charge in [0.1, 0.15) is 5.75 Å². The largest absolute Gasteiger partial charge is 0.484 e. The second-order valence-corrected chi connectivity index (χ2v) is 10.0. The molecule has 0 bridgehead atoms. The minimum Gasteiger partial charge on any atom is -0.484 e. The van der Waals surface area contributed by atoms with Crippen LogP contribution in [0.15, 0.2) is 88.4 Å². The van der Waals surface area contributed by atoms with E-state index in [4.69, 9.17) is 9.15 Å². The van der Waals surface area contributed by atoms with Gasteiger partial charge in [0.05, 0.1) is 11.2 Å². The zero-order valence-corrected chi connectivity index (χ0v) is 20.1. The lowest BCUT2D eigenvalue weighted by Crippen LogP contribution is -2.58. The van der Waals surface area contributed by atoms with E-state index in [1.54, 1.807) is 35.2 Å². The molecule has 36 heavy (non-hydrogen) atoms. The van der Waals surface area contributed by atoms with Gasteiger partial charge >= 0.3 is 0 Å². The lowest BCUT2D eigenvalue weighted by molar-refractivity contribution is -0.140. The van der Waals surface area contributed by atoms with Gasteiger partial charge in [-0.2, -0.15) is 0 Å². The van der Waals surface area contributed by atoms with Crippen LogP contribution in [0.5, 0.6) is 5.75 Å². The van der Waals surface area contributed by atoms with Crippen LogP contribution in [0.25, 0.3) is 0 Å². The van der Waals surface area contributed by atoms with Crippen molar-refractivity contribution in [1.29, 1.82) is 0 Å². The molecular weight excluding hydrogens is 486 g/mol. The number of para-hydroxylation sites is 1. The van der Waals surface area contributed by atoms with Gasteiger partial charge in [0.2, 0.25) is 15.2 Å². The third-order valence-corrected chi connectivity index (χ3v) is 7.53. The van der Waals surface area contributed by atoms with Gasteiger partial charge in [-0.3, -0.25) is 14.4 Å². The van der Waals surface area contributed by atoms with Crippen LogP contribution in [0.3, 0.4) is 0 Å². The molecule has 4 rings (SSSR count). The van der Waals surface area contributed by atoms with Gasteiger partial charge in [0.15, 0.2) is 12.4 Å². The zero-order chi connectivity index (χ0) is 25.5. The number of nitrogens with zero attached hydrogens (tertiary/aromatic N) is 2. The minimum atomic E-state index is -4.27. The standard InChI is InChI=1S/C25H25N3O7S/c29-22(18-35-19-8-3-1-4-9-19)27-13-15-28(16-14-27)25(31)24(26-23(30)21-12-7-17-34-21)36(32,33)20-10-5-2-6-11-20/h1-12,17,24H,13-16,18H2,(H,26,30)/t24-/m1/s1. The highest BCUT2D eigenvalue weighted by molar-refractivity contribution is 7.92. The van der Waals surface area contributed by atoms with Gasteiger partial charge in [-0.1, -0.05) is 36.4 Å². The van der Waals surface area contributed by atoms with Crippen LogP contribution in [0.1, 0.15) is 10.6 Å². The van der Waals surface area contributed by atoms with E-state index in [0.717, 1.165) is 0 Å². The predicted octanol–water partition coefficient (Wildman–Crippen LogP) is 1.56. The Morgan fingerprint density at radius 1 is 0.861 bits per heavy atom. The van der Waals surface area contributed by atoms with Crippen LogP contribution in [-0.4, -0.2) is 74.1 Å². The molecule has 10 nitrogen and oxygen atoms in total. The molecule has 1 atom stereocenters. The van der Waals surface area contributed by atoms with Crippen LogP contribution in [0, 0.1) is 0 Å². The Hall–Kier alpha value is -4.12. The molecule has 1 aromatic heterocycles. The summed E-state index contributed by atoms with van der Waals surface area (Å²) in [4.78, 5) is 41.3. The maximum absolute atomic E-state index is 13.4. The number of piperazine rings is 1. The Morgan fingerprint density at radius 3 is 2.08 bits per heavy atom. The highest BCUT2D eigenvalue weighted by Gasteiger charge is 2.40. The number of carbonyl (C=O) groups is 3. The summed E-state index contributed by atoms with van der Waals surface area (Å²) in [5.74, 6) is -1.41. The molecule has 2 heterocycles. The first-order chi connectivity index (χ1) is 17.4. The maximum atomic E-state index is 13.4. The molecule has 0 unspecified atom stereocenters. The van der Waals surface area contributed by atoms with Crippen LogP contribution in [-0.2, 0) is 19.4 Å². The number of hydrogen-bond donors (Lipinski definition) is 1. The molecule has 0 aliphatic carbocycles. The van der Waals surface area contributed by atoms with E-state index in [0.29, 0.717) is 5.75 Å². The van der Waals surface area contributed by atoms with Gasteiger partial charge in [0, 0.05) is 26.2 Å². The number of furan rings is 1. The summed E-state index contributed by atoms with van der Waals surface area (Å²) in [5.41, 5.74) is 0. The fourth-order valence-electron chi connectivity index (χ4n) is 3.71. The van der Waals surface area contributed by atoms with E-state index in [1.807, 2.05) is 6.07 Å². The van der Waals surface area contributed by atoms with E-state index >= 15 is 0 Å². The van der Waals surface area contributed by atoms with E-state index in [1.165, 1.54) is 47.6 Å². The number of ether oxygens (including phenoxy) is 1. The smallest absolute Gasteiger partial charge is 0.288 e. The molecule has 3 amide bonds. The second kappa shape index (κ2) is 11.1. The lowest BCUT2D eigenvalue weighted by Gasteiger charge is -2.36. The first-order valence-electron chi connectivity index (χ1n) is 11.2. The molecule has 2 aromatic carbocycles. The predicted molar refractivity (Wildman–Crippen MR) is 129 cm³/mol. The molecule has 188 valence electrons. The van der Waals surface area contributed by atoms with Crippen molar-refractivity contribution in [3.8, 4) is 5.75 Å². The van der Waals surface area contributed by atoms with Crippen LogP contribution < -0.4 is 10.1 Å². The van der Waals surface area contributed by atoms with Crippen LogP contribution in [0.4, 0.5) is 0 Å². The molecular formula is C25H25N3O7S. The third-order valence-electron chi connectivity index (χ3n) is 5.66. The molecule has 3 aromatic rings. The van der Waals surface area contributed by atoms with E-state index in [9.17, 15) is 22.8 Å². The average Bonchev–Trinajstić information content (AvgIpc) is 3.46. The van der Waals surface area contributed by atoms with Crippen molar-refractivity contribution in [2.45, 2.75) is 10.3 Å². The summed E-state index contributed by atoms with van der Waals surface area (Å²) in [7, 11) is -4.27. The van der Waals surface area contributed by atoms with Crippen molar-refractivity contribution < 1.29 is 32.0 Å². The molecule has 1 saturated heterocycles. The van der Waals surface area contributed by atoms with Gasteiger partial charge in [-0.05, 0) is 36.4 Å². The number of carbonyl (C=O) groups excluding carboxylic acids is 3. The second-order valence-electron chi connectivity index (χ2n) is 8.00. The Bertz CT molecular complexity index is 1290. The summed E-state index contributed by atoms with van der Waals surface area (Å²) in [5, 5.41) is 0.455. The first kappa shape index (κ1) is 25.0. The van der Waals surface area contributed by atoms with Crippen molar-refractivity contribution in [1.82, 2.24) is 15.1 Å². The van der Waals surface area contributed by atoms with Gasteiger partial charge in [-0.25, -0.2) is 8.42 Å². The Kier molecular flexibility index (Phi) is 7.69.